The number of hydrogen-bond donors (Lipinski definition) is 0. The number of alkyl halides is 5. The molecule has 0 spiro atoms. The van der Waals surface area contributed by atoms with Crippen molar-refractivity contribution in [3.8, 4) is 22.9 Å². The monoisotopic (exact) mass is 925 g/mol. The molecule has 0 saturated carbocycles. The van der Waals surface area contributed by atoms with E-state index in [9.17, 15) is 26.7 Å². The third-order valence-electron chi connectivity index (χ3n) is 14.0. The number of hydrogen-bond acceptors (Lipinski definition) is 9. The number of likely N-dealkylation sites (tertiary alicyclic amines) is 1. The van der Waals surface area contributed by atoms with Gasteiger partial charge in [0.2, 0.25) is 5.91 Å². The number of fused-ring (bicyclic) bond motifs is 2. The lowest BCUT2D eigenvalue weighted by Gasteiger charge is -2.34. The normalized spacial score (nSPS) is 17.4. The lowest BCUT2D eigenvalue weighted by atomic mass is 9.89. The molecule has 354 valence electrons. The molecule has 2 fully saturated rings. The first-order chi connectivity index (χ1) is 32.3. The predicted octanol–water partition coefficient (Wildman–Crippen LogP) is 9.22. The average Bonchev–Trinajstić information content (AvgIpc) is 3.95. The number of nitriles is 1. The first kappa shape index (κ1) is 46.1. The van der Waals surface area contributed by atoms with Gasteiger partial charge in [0, 0.05) is 106 Å². The van der Waals surface area contributed by atoms with Crippen molar-refractivity contribution in [3.05, 3.63) is 106 Å². The number of rotatable bonds is 13. The second kappa shape index (κ2) is 19.7. The Morgan fingerprint density at radius 2 is 1.70 bits per heavy atom. The van der Waals surface area contributed by atoms with E-state index in [2.05, 4.69) is 31.7 Å². The van der Waals surface area contributed by atoms with E-state index in [1.165, 1.54) is 11.6 Å². The van der Waals surface area contributed by atoms with Crippen LogP contribution in [0.1, 0.15) is 96.5 Å². The molecule has 17 heteroatoms. The van der Waals surface area contributed by atoms with E-state index in [0.717, 1.165) is 98.3 Å². The van der Waals surface area contributed by atoms with Gasteiger partial charge in [-0.3, -0.25) is 14.2 Å². The summed E-state index contributed by atoms with van der Waals surface area (Å²) in [5.74, 6) is 1.81. The molecule has 0 aliphatic carbocycles. The number of aryl methyl sites for hydroxylation is 2. The third-order valence-corrected chi connectivity index (χ3v) is 14.0. The number of piperidine rings is 2. The van der Waals surface area contributed by atoms with Gasteiger partial charge in [0.25, 0.3) is 6.43 Å². The highest BCUT2D eigenvalue weighted by Crippen LogP contribution is 2.44. The van der Waals surface area contributed by atoms with Crippen LogP contribution in [0.3, 0.4) is 0 Å². The van der Waals surface area contributed by atoms with Crippen LogP contribution >= 0.6 is 0 Å². The van der Waals surface area contributed by atoms with Crippen LogP contribution in [0.15, 0.2) is 67.0 Å². The molecule has 9 rings (SSSR count). The lowest BCUT2D eigenvalue weighted by molar-refractivity contribution is -0.137. The number of anilines is 3. The maximum Gasteiger partial charge on any atom is 0.417 e. The van der Waals surface area contributed by atoms with Gasteiger partial charge in [-0.25, -0.2) is 8.78 Å². The second-order valence-electron chi connectivity index (χ2n) is 18.1. The van der Waals surface area contributed by atoms with Crippen molar-refractivity contribution in [1.29, 1.82) is 5.26 Å². The Hall–Kier alpha value is -5.99. The molecule has 0 unspecified atom stereocenters. The third kappa shape index (κ3) is 10.0. The average molecular weight is 926 g/mol. The topological polar surface area (TPSA) is 108 Å². The minimum Gasteiger partial charge on any atom is -0.491 e. The van der Waals surface area contributed by atoms with Crippen molar-refractivity contribution >= 4 is 23.1 Å². The molecular formula is C50H56F5N9O3. The molecule has 5 aromatic rings. The summed E-state index contributed by atoms with van der Waals surface area (Å²) in [5.41, 5.74) is 5.43. The number of benzene rings is 3. The number of carbonyl (C=O) groups is 1. The first-order valence-corrected chi connectivity index (χ1v) is 23.3. The molecule has 67 heavy (non-hydrogen) atoms. The van der Waals surface area contributed by atoms with Crippen LogP contribution < -0.4 is 14.5 Å². The minimum atomic E-state index is -4.58. The SMILES string of the molecule is CC(=O)N1CCc2c(c(N3CCCc4cc(-c5cnn(C)c5)c(C(F)F)cc43)nn2C2CCN(CCOCCOc3ccc(C4CCN(c5ccc(C#N)c(C(F)(F)F)c5)CC4)cc3)CC2)C1. The van der Waals surface area contributed by atoms with Gasteiger partial charge >= 0.3 is 6.18 Å². The summed E-state index contributed by atoms with van der Waals surface area (Å²) in [5, 5.41) is 18.7. The van der Waals surface area contributed by atoms with Crippen LogP contribution in [-0.4, -0.2) is 101 Å². The largest absolute Gasteiger partial charge is 0.491 e. The van der Waals surface area contributed by atoms with Crippen LogP contribution in [0.4, 0.5) is 39.1 Å². The maximum atomic E-state index is 14.7. The van der Waals surface area contributed by atoms with Crippen molar-refractivity contribution in [2.45, 2.75) is 83.0 Å². The Morgan fingerprint density at radius 3 is 2.39 bits per heavy atom. The first-order valence-electron chi connectivity index (χ1n) is 23.3. The molecular weight excluding hydrogens is 870 g/mol. The van der Waals surface area contributed by atoms with Crippen molar-refractivity contribution in [1.82, 2.24) is 29.4 Å². The Labute approximate surface area is 387 Å². The number of amides is 1. The summed E-state index contributed by atoms with van der Waals surface area (Å²) in [7, 11) is 1.78. The molecule has 4 aliphatic heterocycles. The van der Waals surface area contributed by atoms with Crippen molar-refractivity contribution in [2.75, 3.05) is 75.4 Å². The zero-order valence-electron chi connectivity index (χ0n) is 38.0. The number of halogens is 5. The number of ether oxygens (including phenoxy) is 2. The summed E-state index contributed by atoms with van der Waals surface area (Å²) in [4.78, 5) is 20.9. The standard InChI is InChI=1S/C50H56F5N9O3/c1-33(65)62-21-15-46-44(32-62)49(63-16-3-4-36-26-42(38-30-57-59(2)31-38)43(48(51)52)28-47(36)63)58-64(46)39-13-17-60(18-14-39)22-23-66-24-25-67-41-9-6-34(7-10-41)35-11-19-61(20-12-35)40-8-5-37(29-56)45(27-40)50(53,54)55/h5-10,26-28,30-31,35,39,48H,3-4,11-25,32H2,1-2H3. The van der Waals surface area contributed by atoms with Crippen LogP contribution in [-0.2, 0) is 42.1 Å². The molecule has 0 bridgehead atoms. The summed E-state index contributed by atoms with van der Waals surface area (Å²) < 4.78 is 85.7. The quantitative estimate of drug-likeness (QED) is 0.0844. The summed E-state index contributed by atoms with van der Waals surface area (Å²) in [6.45, 7) is 8.53. The van der Waals surface area contributed by atoms with Gasteiger partial charge < -0.3 is 29.1 Å². The second-order valence-corrected chi connectivity index (χ2v) is 18.1. The van der Waals surface area contributed by atoms with E-state index < -0.39 is 18.2 Å². The Kier molecular flexibility index (Phi) is 13.6. The van der Waals surface area contributed by atoms with Gasteiger partial charge in [0.1, 0.15) is 12.4 Å². The van der Waals surface area contributed by atoms with Crippen LogP contribution in [0.5, 0.6) is 5.75 Å². The van der Waals surface area contributed by atoms with E-state index >= 15 is 0 Å². The summed E-state index contributed by atoms with van der Waals surface area (Å²) in [6, 6.07) is 17.3. The zero-order chi connectivity index (χ0) is 46.8. The number of aromatic nitrogens is 4. The lowest BCUT2D eigenvalue weighted by Crippen LogP contribution is -2.38. The summed E-state index contributed by atoms with van der Waals surface area (Å²) >= 11 is 0. The number of carbonyl (C=O) groups excluding carboxylic acids is 1. The fourth-order valence-corrected chi connectivity index (χ4v) is 10.3. The van der Waals surface area contributed by atoms with Gasteiger partial charge in [-0.2, -0.15) is 28.6 Å². The van der Waals surface area contributed by atoms with Gasteiger partial charge in [-0.15, -0.1) is 0 Å². The molecule has 4 aliphatic rings. The molecule has 3 aromatic carbocycles. The Morgan fingerprint density at radius 1 is 0.925 bits per heavy atom. The van der Waals surface area contributed by atoms with E-state index in [4.69, 9.17) is 19.8 Å². The maximum absolute atomic E-state index is 14.7. The van der Waals surface area contributed by atoms with Crippen LogP contribution in [0.2, 0.25) is 0 Å². The highest BCUT2D eigenvalue weighted by Gasteiger charge is 2.36. The van der Waals surface area contributed by atoms with E-state index in [0.29, 0.717) is 75.8 Å². The van der Waals surface area contributed by atoms with Crippen molar-refractivity contribution in [2.24, 2.45) is 7.05 Å². The zero-order valence-corrected chi connectivity index (χ0v) is 38.0. The smallest absolute Gasteiger partial charge is 0.417 e. The fourth-order valence-electron chi connectivity index (χ4n) is 10.3. The van der Waals surface area contributed by atoms with Gasteiger partial charge in [-0.1, -0.05) is 12.1 Å². The Bertz CT molecular complexity index is 2590. The fraction of sp³-hybridized carbons (Fsp3) is 0.480. The molecule has 0 radical (unpaired) electrons. The molecule has 2 saturated heterocycles. The Balaban J connectivity index is 0.754. The van der Waals surface area contributed by atoms with Crippen molar-refractivity contribution < 1.29 is 36.2 Å². The van der Waals surface area contributed by atoms with Gasteiger partial charge in [0.05, 0.1) is 49.2 Å². The number of nitrogens with zero attached hydrogens (tertiary/aromatic N) is 9. The van der Waals surface area contributed by atoms with E-state index in [1.807, 2.05) is 28.0 Å². The minimum absolute atomic E-state index is 0.00695. The molecule has 2 aromatic heterocycles. The molecule has 0 N–H and O–H groups in total. The van der Waals surface area contributed by atoms with Crippen LogP contribution in [0, 0.1) is 11.3 Å². The summed E-state index contributed by atoms with van der Waals surface area (Å²) in [6.07, 6.45) is 1.87. The predicted molar refractivity (Wildman–Crippen MR) is 244 cm³/mol. The highest BCUT2D eigenvalue weighted by molar-refractivity contribution is 5.78. The van der Waals surface area contributed by atoms with E-state index in [1.54, 1.807) is 49.2 Å². The molecule has 1 amide bonds. The van der Waals surface area contributed by atoms with Gasteiger partial charge in [0.15, 0.2) is 5.82 Å². The van der Waals surface area contributed by atoms with Crippen LogP contribution in [0.25, 0.3) is 11.1 Å². The highest BCUT2D eigenvalue weighted by atomic mass is 19.4. The molecule has 12 nitrogen and oxygen atoms in total. The molecule has 6 heterocycles. The van der Waals surface area contributed by atoms with Crippen molar-refractivity contribution in [3.63, 3.8) is 0 Å². The van der Waals surface area contributed by atoms with Gasteiger partial charge in [-0.05, 0) is 104 Å². The molecule has 0 atom stereocenters. The van der Waals surface area contributed by atoms with E-state index in [-0.39, 0.29) is 29.0 Å².